The van der Waals surface area contributed by atoms with Crippen molar-refractivity contribution in [2.75, 3.05) is 0 Å². The van der Waals surface area contributed by atoms with Crippen molar-refractivity contribution in [1.82, 2.24) is 0 Å². The zero-order chi connectivity index (χ0) is 7.72. The van der Waals surface area contributed by atoms with Gasteiger partial charge in [0.2, 0.25) is 0 Å². The number of carbonyl (C=O) groups excluding carboxylic acids is 1. The van der Waals surface area contributed by atoms with Gasteiger partial charge in [-0.25, -0.2) is 4.79 Å². The minimum absolute atomic E-state index is 0.247. The molecule has 0 atom stereocenters. The van der Waals surface area contributed by atoms with Gasteiger partial charge in [0.05, 0.1) is 0 Å². The Morgan fingerprint density at radius 1 is 1.40 bits per heavy atom. The van der Waals surface area contributed by atoms with Gasteiger partial charge in [-0.1, -0.05) is 15.9 Å². The molecule has 0 aromatic carbocycles. The van der Waals surface area contributed by atoms with E-state index in [0.29, 0.717) is 11.3 Å². The molecule has 10 heavy (non-hydrogen) atoms. The first-order valence-corrected chi connectivity index (χ1v) is 3.78. The van der Waals surface area contributed by atoms with Crippen LogP contribution in [0.15, 0.2) is 21.9 Å². The Morgan fingerprint density at radius 3 is 2.20 bits per heavy atom. The van der Waals surface area contributed by atoms with Crippen LogP contribution in [0.1, 0.15) is 13.8 Å². The number of ether oxygens (including phenoxy) is 1. The number of carbonyl (C=O) groups is 1. The summed E-state index contributed by atoms with van der Waals surface area (Å²) in [6, 6.07) is 0. The second-order valence-corrected chi connectivity index (χ2v) is 2.57. The second kappa shape index (κ2) is 2.58. The van der Waals surface area contributed by atoms with Gasteiger partial charge in [-0.2, -0.15) is 0 Å². The smallest absolute Gasteiger partial charge is 0.339 e. The summed E-state index contributed by atoms with van der Waals surface area (Å²) in [5.74, 6) is 0.366. The summed E-state index contributed by atoms with van der Waals surface area (Å²) in [6.45, 7) is 3.61. The molecule has 0 N–H and O–H groups in total. The molecule has 1 aliphatic rings. The van der Waals surface area contributed by atoms with E-state index in [-0.39, 0.29) is 5.97 Å². The van der Waals surface area contributed by atoms with Gasteiger partial charge in [-0.3, -0.25) is 0 Å². The van der Waals surface area contributed by atoms with Gasteiger partial charge >= 0.3 is 5.97 Å². The van der Waals surface area contributed by atoms with E-state index in [1.807, 2.05) is 6.92 Å². The van der Waals surface area contributed by atoms with E-state index in [2.05, 4.69) is 15.9 Å². The minimum atomic E-state index is -0.247. The zero-order valence-corrected chi connectivity index (χ0v) is 7.36. The van der Waals surface area contributed by atoms with E-state index >= 15 is 0 Å². The fraction of sp³-hybridized carbons (Fsp3) is 0.286. The first kappa shape index (κ1) is 7.54. The van der Waals surface area contributed by atoms with Crippen molar-refractivity contribution in [3.63, 3.8) is 0 Å². The SMILES string of the molecule is CC1=C(C)/C(=C/Br)OC1=O. The Balaban J connectivity index is 3.06. The average molecular weight is 203 g/mol. The van der Waals surface area contributed by atoms with Crippen molar-refractivity contribution in [3.05, 3.63) is 21.9 Å². The summed E-state index contributed by atoms with van der Waals surface area (Å²) < 4.78 is 4.84. The molecule has 1 heterocycles. The van der Waals surface area contributed by atoms with Crippen molar-refractivity contribution in [2.24, 2.45) is 0 Å². The first-order valence-electron chi connectivity index (χ1n) is 2.87. The molecule has 3 heteroatoms. The molecular formula is C7H7BrO2. The molecule has 1 rings (SSSR count). The standard InChI is InChI=1S/C7H7BrO2/c1-4-5(2)7(9)10-6(4)3-8/h3H,1-2H3/b6-3-. The number of allylic oxidation sites excluding steroid dienone is 1. The lowest BCUT2D eigenvalue weighted by molar-refractivity contribution is -0.133. The van der Waals surface area contributed by atoms with Crippen LogP contribution in [0.4, 0.5) is 0 Å². The molecule has 0 aliphatic carbocycles. The highest BCUT2D eigenvalue weighted by Crippen LogP contribution is 2.25. The topological polar surface area (TPSA) is 26.3 Å². The lowest BCUT2D eigenvalue weighted by Crippen LogP contribution is -1.94. The molecule has 0 amide bonds. The molecule has 0 unspecified atom stereocenters. The van der Waals surface area contributed by atoms with Gasteiger partial charge in [0.15, 0.2) is 0 Å². The number of rotatable bonds is 0. The molecule has 0 aromatic rings. The highest BCUT2D eigenvalue weighted by Gasteiger charge is 2.22. The Kier molecular flexibility index (Phi) is 1.94. The molecule has 2 nitrogen and oxygen atoms in total. The Labute approximate surface area is 67.7 Å². The summed E-state index contributed by atoms with van der Waals surface area (Å²) in [4.78, 5) is 12.4. The molecule has 1 aliphatic heterocycles. The predicted molar refractivity (Wildman–Crippen MR) is 41.5 cm³/mol. The molecule has 0 spiro atoms. The third kappa shape index (κ3) is 1.01. The van der Waals surface area contributed by atoms with Crippen molar-refractivity contribution < 1.29 is 9.53 Å². The minimum Gasteiger partial charge on any atom is -0.422 e. The number of cyclic esters (lactones) is 1. The van der Waals surface area contributed by atoms with Crippen molar-refractivity contribution in [1.29, 1.82) is 0 Å². The fourth-order valence-corrected chi connectivity index (χ4v) is 1.13. The molecule has 54 valence electrons. The van der Waals surface area contributed by atoms with Gasteiger partial charge in [0.25, 0.3) is 0 Å². The number of hydrogen-bond acceptors (Lipinski definition) is 2. The van der Waals surface area contributed by atoms with Gasteiger partial charge in [0.1, 0.15) is 5.76 Å². The number of esters is 1. The Hall–Kier alpha value is -0.570. The summed E-state index contributed by atoms with van der Waals surface area (Å²) >= 11 is 3.10. The van der Waals surface area contributed by atoms with Crippen LogP contribution >= 0.6 is 15.9 Å². The van der Waals surface area contributed by atoms with E-state index in [9.17, 15) is 4.79 Å². The van der Waals surface area contributed by atoms with E-state index < -0.39 is 0 Å². The molecule has 0 saturated heterocycles. The summed E-state index contributed by atoms with van der Waals surface area (Å²) in [5, 5.41) is 0. The summed E-state index contributed by atoms with van der Waals surface area (Å²) in [5.41, 5.74) is 1.59. The van der Waals surface area contributed by atoms with E-state index in [1.54, 1.807) is 11.9 Å². The van der Waals surface area contributed by atoms with Crippen LogP contribution in [0, 0.1) is 0 Å². The zero-order valence-electron chi connectivity index (χ0n) is 5.77. The van der Waals surface area contributed by atoms with Crippen molar-refractivity contribution in [2.45, 2.75) is 13.8 Å². The maximum atomic E-state index is 10.8. The predicted octanol–water partition coefficient (Wildman–Crippen LogP) is 2.12. The van der Waals surface area contributed by atoms with Crippen LogP contribution in [-0.4, -0.2) is 5.97 Å². The van der Waals surface area contributed by atoms with Crippen LogP contribution in [0.3, 0.4) is 0 Å². The van der Waals surface area contributed by atoms with Gasteiger partial charge in [-0.15, -0.1) is 0 Å². The largest absolute Gasteiger partial charge is 0.422 e. The monoisotopic (exact) mass is 202 g/mol. The van der Waals surface area contributed by atoms with Crippen LogP contribution in [0.2, 0.25) is 0 Å². The fourth-order valence-electron chi connectivity index (χ4n) is 0.695. The van der Waals surface area contributed by atoms with Gasteiger partial charge < -0.3 is 4.74 Å². The van der Waals surface area contributed by atoms with E-state index in [1.165, 1.54) is 0 Å². The van der Waals surface area contributed by atoms with E-state index in [0.717, 1.165) is 5.57 Å². The average Bonchev–Trinajstić information content (AvgIpc) is 2.17. The highest BCUT2D eigenvalue weighted by atomic mass is 79.9. The molecule has 0 saturated carbocycles. The molecule has 0 bridgehead atoms. The summed E-state index contributed by atoms with van der Waals surface area (Å²) in [6.07, 6.45) is 0. The number of hydrogen-bond donors (Lipinski definition) is 0. The van der Waals surface area contributed by atoms with Crippen LogP contribution in [0.5, 0.6) is 0 Å². The van der Waals surface area contributed by atoms with Crippen LogP contribution in [0.25, 0.3) is 0 Å². The maximum Gasteiger partial charge on any atom is 0.339 e. The molecule has 0 fully saturated rings. The second-order valence-electron chi connectivity index (χ2n) is 2.11. The van der Waals surface area contributed by atoms with Crippen molar-refractivity contribution in [3.8, 4) is 0 Å². The quantitative estimate of drug-likeness (QED) is 0.563. The molecule has 0 radical (unpaired) electrons. The maximum absolute atomic E-state index is 10.8. The lowest BCUT2D eigenvalue weighted by Gasteiger charge is -1.93. The van der Waals surface area contributed by atoms with Crippen molar-refractivity contribution >= 4 is 21.9 Å². The molecule has 0 aromatic heterocycles. The van der Waals surface area contributed by atoms with Crippen LogP contribution < -0.4 is 0 Å². The van der Waals surface area contributed by atoms with Gasteiger partial charge in [0, 0.05) is 16.1 Å². The number of halogens is 1. The van der Waals surface area contributed by atoms with E-state index in [4.69, 9.17) is 4.74 Å². The molecular weight excluding hydrogens is 196 g/mol. The third-order valence-corrected chi connectivity index (χ3v) is 1.96. The Morgan fingerprint density at radius 2 is 2.00 bits per heavy atom. The van der Waals surface area contributed by atoms with Gasteiger partial charge in [-0.05, 0) is 13.8 Å². The lowest BCUT2D eigenvalue weighted by atomic mass is 10.2. The third-order valence-electron chi connectivity index (χ3n) is 1.54. The normalized spacial score (nSPS) is 22.3. The summed E-state index contributed by atoms with van der Waals surface area (Å²) in [7, 11) is 0. The highest BCUT2D eigenvalue weighted by molar-refractivity contribution is 9.11. The first-order chi connectivity index (χ1) is 4.66. The van der Waals surface area contributed by atoms with Crippen LogP contribution in [-0.2, 0) is 9.53 Å². The Bertz CT molecular complexity index is 238.